The number of aryl methyl sites for hydroxylation is 1. The van der Waals surface area contributed by atoms with Gasteiger partial charge in [-0.3, -0.25) is 9.59 Å². The van der Waals surface area contributed by atoms with Crippen LogP contribution in [0, 0.1) is 5.82 Å². The minimum absolute atomic E-state index is 0.143. The van der Waals surface area contributed by atoms with Crippen molar-refractivity contribution < 1.29 is 14.0 Å². The van der Waals surface area contributed by atoms with Crippen molar-refractivity contribution in [3.8, 4) is 0 Å². The summed E-state index contributed by atoms with van der Waals surface area (Å²) in [6, 6.07) is 6.18. The minimum Gasteiger partial charge on any atom is -0.365 e. The number of primary amides is 1. The SMILES string of the molecule is NC(=O)c1c(NC(=O)CCSc2ccc(F)cc2)sc2c1CCCC2. The quantitative estimate of drug-likeness (QED) is 0.747. The Labute approximate surface area is 154 Å². The zero-order valence-electron chi connectivity index (χ0n) is 13.6. The van der Waals surface area contributed by atoms with E-state index >= 15 is 0 Å². The van der Waals surface area contributed by atoms with E-state index in [4.69, 9.17) is 5.73 Å². The largest absolute Gasteiger partial charge is 0.365 e. The van der Waals surface area contributed by atoms with E-state index < -0.39 is 5.91 Å². The zero-order valence-corrected chi connectivity index (χ0v) is 15.3. The average molecular weight is 378 g/mol. The van der Waals surface area contributed by atoms with Gasteiger partial charge in [0.2, 0.25) is 5.91 Å². The lowest BCUT2D eigenvalue weighted by molar-refractivity contribution is -0.115. The average Bonchev–Trinajstić information content (AvgIpc) is 2.94. The number of thioether (sulfide) groups is 1. The second kappa shape index (κ2) is 8.01. The number of fused-ring (bicyclic) bond motifs is 1. The zero-order chi connectivity index (χ0) is 17.8. The maximum absolute atomic E-state index is 12.9. The second-order valence-corrected chi connectivity index (χ2v) is 8.15. The first-order valence-electron chi connectivity index (χ1n) is 8.17. The van der Waals surface area contributed by atoms with Crippen molar-refractivity contribution in [2.24, 2.45) is 5.73 Å². The summed E-state index contributed by atoms with van der Waals surface area (Å²) in [5.74, 6) is -0.317. The lowest BCUT2D eigenvalue weighted by atomic mass is 9.95. The Bertz CT molecular complexity index is 787. The van der Waals surface area contributed by atoms with E-state index in [-0.39, 0.29) is 11.7 Å². The molecule has 0 fully saturated rings. The molecule has 25 heavy (non-hydrogen) atoms. The summed E-state index contributed by atoms with van der Waals surface area (Å²) in [4.78, 5) is 26.1. The number of thiophene rings is 1. The van der Waals surface area contributed by atoms with E-state index in [2.05, 4.69) is 5.32 Å². The molecule has 0 atom stereocenters. The first kappa shape index (κ1) is 17.9. The fraction of sp³-hybridized carbons (Fsp3) is 0.333. The van der Waals surface area contributed by atoms with Crippen LogP contribution in [0.5, 0.6) is 0 Å². The van der Waals surface area contributed by atoms with Gasteiger partial charge in [-0.2, -0.15) is 0 Å². The van der Waals surface area contributed by atoms with Gasteiger partial charge in [0.05, 0.1) is 5.56 Å². The highest BCUT2D eigenvalue weighted by Crippen LogP contribution is 2.38. The van der Waals surface area contributed by atoms with Crippen LogP contribution in [0.25, 0.3) is 0 Å². The third-order valence-corrected chi connectivity index (χ3v) is 6.30. The van der Waals surface area contributed by atoms with E-state index in [1.807, 2.05) is 0 Å². The highest BCUT2D eigenvalue weighted by molar-refractivity contribution is 7.99. The molecular formula is C18H19FN2O2S2. The lowest BCUT2D eigenvalue weighted by Gasteiger charge is -2.11. The van der Waals surface area contributed by atoms with Gasteiger partial charge in [0, 0.05) is 21.9 Å². The van der Waals surface area contributed by atoms with Gasteiger partial charge in [-0.1, -0.05) is 0 Å². The van der Waals surface area contributed by atoms with Crippen LogP contribution in [0.15, 0.2) is 29.2 Å². The third kappa shape index (κ3) is 4.41. The van der Waals surface area contributed by atoms with Crippen LogP contribution in [0.3, 0.4) is 0 Å². The molecule has 1 aromatic heterocycles. The Kier molecular flexibility index (Phi) is 5.75. The Morgan fingerprint density at radius 2 is 1.92 bits per heavy atom. The van der Waals surface area contributed by atoms with Crippen molar-refractivity contribution in [2.45, 2.75) is 37.0 Å². The second-order valence-electron chi connectivity index (χ2n) is 5.88. The van der Waals surface area contributed by atoms with E-state index in [0.717, 1.165) is 41.0 Å². The number of rotatable bonds is 6. The maximum Gasteiger partial charge on any atom is 0.251 e. The summed E-state index contributed by atoms with van der Waals surface area (Å²) in [6.07, 6.45) is 4.25. The molecule has 0 bridgehead atoms. The number of nitrogens with one attached hydrogen (secondary N) is 1. The maximum atomic E-state index is 12.9. The molecule has 0 unspecified atom stereocenters. The van der Waals surface area contributed by atoms with Crippen molar-refractivity contribution in [1.82, 2.24) is 0 Å². The van der Waals surface area contributed by atoms with Gasteiger partial charge in [-0.25, -0.2) is 4.39 Å². The number of nitrogens with two attached hydrogens (primary N) is 1. The van der Waals surface area contributed by atoms with Crippen molar-refractivity contribution in [3.63, 3.8) is 0 Å². The first-order valence-corrected chi connectivity index (χ1v) is 9.97. The van der Waals surface area contributed by atoms with Crippen LogP contribution in [0.1, 0.15) is 40.1 Å². The van der Waals surface area contributed by atoms with Crippen molar-refractivity contribution in [2.75, 3.05) is 11.1 Å². The van der Waals surface area contributed by atoms with Crippen LogP contribution in [-0.2, 0) is 17.6 Å². The number of carbonyl (C=O) groups excluding carboxylic acids is 2. The van der Waals surface area contributed by atoms with Gasteiger partial charge < -0.3 is 11.1 Å². The molecule has 7 heteroatoms. The topological polar surface area (TPSA) is 72.2 Å². The van der Waals surface area contributed by atoms with Crippen LogP contribution < -0.4 is 11.1 Å². The Morgan fingerprint density at radius 1 is 1.20 bits per heavy atom. The predicted octanol–water partition coefficient (Wildman–Crippen LogP) is 3.99. The van der Waals surface area contributed by atoms with E-state index in [1.54, 1.807) is 12.1 Å². The molecule has 2 amide bonds. The van der Waals surface area contributed by atoms with Gasteiger partial charge in [0.15, 0.2) is 0 Å². The van der Waals surface area contributed by atoms with Gasteiger partial charge in [0.25, 0.3) is 5.91 Å². The van der Waals surface area contributed by atoms with Crippen LogP contribution in [-0.4, -0.2) is 17.6 Å². The Hall–Kier alpha value is -1.86. The van der Waals surface area contributed by atoms with E-state index in [9.17, 15) is 14.0 Å². The molecule has 4 nitrogen and oxygen atoms in total. The van der Waals surface area contributed by atoms with E-state index in [1.165, 1.54) is 35.2 Å². The predicted molar refractivity (Wildman–Crippen MR) is 99.8 cm³/mol. The van der Waals surface area contributed by atoms with Crippen molar-refractivity contribution in [1.29, 1.82) is 0 Å². The summed E-state index contributed by atoms with van der Waals surface area (Å²) in [7, 11) is 0. The van der Waals surface area contributed by atoms with Crippen molar-refractivity contribution >= 4 is 39.9 Å². The van der Waals surface area contributed by atoms with Gasteiger partial charge in [-0.15, -0.1) is 23.1 Å². The fourth-order valence-electron chi connectivity index (χ4n) is 2.90. The van der Waals surface area contributed by atoms with Crippen LogP contribution in [0.4, 0.5) is 9.39 Å². The molecule has 0 spiro atoms. The summed E-state index contributed by atoms with van der Waals surface area (Å²) in [5, 5.41) is 3.43. The Morgan fingerprint density at radius 3 is 2.64 bits per heavy atom. The first-order chi connectivity index (χ1) is 12.0. The highest BCUT2D eigenvalue weighted by atomic mass is 32.2. The molecule has 0 saturated carbocycles. The summed E-state index contributed by atoms with van der Waals surface area (Å²) in [5.41, 5.74) is 7.03. The molecular weight excluding hydrogens is 359 g/mol. The number of carbonyl (C=O) groups is 2. The molecule has 3 N–H and O–H groups in total. The third-order valence-electron chi connectivity index (χ3n) is 4.08. The number of hydrogen-bond acceptors (Lipinski definition) is 4. The van der Waals surface area contributed by atoms with Gasteiger partial charge in [0.1, 0.15) is 10.8 Å². The monoisotopic (exact) mass is 378 g/mol. The van der Waals surface area contributed by atoms with Gasteiger partial charge >= 0.3 is 0 Å². The number of benzene rings is 1. The highest BCUT2D eigenvalue weighted by Gasteiger charge is 2.24. The van der Waals surface area contributed by atoms with E-state index in [0.29, 0.717) is 22.7 Å². The molecule has 1 aliphatic rings. The normalized spacial score (nSPS) is 13.3. The number of hydrogen-bond donors (Lipinski definition) is 2. The molecule has 0 saturated heterocycles. The fourth-order valence-corrected chi connectivity index (χ4v) is 5.06. The Balaban J connectivity index is 1.60. The molecule has 0 aliphatic heterocycles. The van der Waals surface area contributed by atoms with Crippen molar-refractivity contribution in [3.05, 3.63) is 46.1 Å². The van der Waals surface area contributed by atoms with Gasteiger partial charge in [-0.05, 0) is 55.5 Å². The molecule has 0 radical (unpaired) electrons. The molecule has 132 valence electrons. The number of amides is 2. The molecule has 1 aromatic carbocycles. The molecule has 1 aliphatic carbocycles. The van der Waals surface area contributed by atoms with Crippen LogP contribution in [0.2, 0.25) is 0 Å². The molecule has 1 heterocycles. The molecule has 2 aromatic rings. The summed E-state index contributed by atoms with van der Waals surface area (Å²) < 4.78 is 12.9. The number of halogens is 1. The number of anilines is 1. The summed E-state index contributed by atoms with van der Waals surface area (Å²) in [6.45, 7) is 0. The molecule has 3 rings (SSSR count). The standard InChI is InChI=1S/C18H19FN2O2S2/c19-11-5-7-12(8-6-11)24-10-9-15(22)21-18-16(17(20)23)13-3-1-2-4-14(13)25-18/h5-8H,1-4,9-10H2,(H2,20,23)(H,21,22). The summed E-state index contributed by atoms with van der Waals surface area (Å²) >= 11 is 2.96. The minimum atomic E-state index is -0.476. The van der Waals surface area contributed by atoms with Crippen LogP contribution >= 0.6 is 23.1 Å². The lowest BCUT2D eigenvalue weighted by Crippen LogP contribution is -2.18. The smallest absolute Gasteiger partial charge is 0.251 e.